The van der Waals surface area contributed by atoms with E-state index in [1.807, 2.05) is 18.4 Å². The molecule has 0 radical (unpaired) electrons. The molecule has 1 aromatic rings. The molecule has 2 nitrogen and oxygen atoms in total. The van der Waals surface area contributed by atoms with Crippen molar-refractivity contribution in [3.8, 4) is 0 Å². The summed E-state index contributed by atoms with van der Waals surface area (Å²) >= 11 is 2.00. The summed E-state index contributed by atoms with van der Waals surface area (Å²) in [6.07, 6.45) is 6.71. The van der Waals surface area contributed by atoms with Gasteiger partial charge in [0.1, 0.15) is 0 Å². The minimum atomic E-state index is 0.683. The Hall–Kier alpha value is -0.410. The Kier molecular flexibility index (Phi) is 2.53. The number of fused-ring (bicyclic) bond motifs is 1. The van der Waals surface area contributed by atoms with Gasteiger partial charge in [-0.3, -0.25) is 0 Å². The van der Waals surface area contributed by atoms with E-state index in [1.54, 1.807) is 4.88 Å². The molecule has 0 bridgehead atoms. The first-order valence-electron chi connectivity index (χ1n) is 6.02. The number of nitrogens with one attached hydrogen (secondary N) is 1. The molecule has 1 unspecified atom stereocenters. The smallest absolute Gasteiger partial charge is 0.0962 e. The van der Waals surface area contributed by atoms with Crippen LogP contribution in [0.15, 0.2) is 0 Å². The van der Waals surface area contributed by atoms with Gasteiger partial charge in [-0.05, 0) is 39.2 Å². The van der Waals surface area contributed by atoms with Gasteiger partial charge in [0.15, 0.2) is 0 Å². The predicted octanol–water partition coefficient (Wildman–Crippen LogP) is 2.66. The van der Waals surface area contributed by atoms with Gasteiger partial charge in [0.05, 0.1) is 10.7 Å². The highest BCUT2D eigenvalue weighted by Crippen LogP contribution is 2.45. The van der Waals surface area contributed by atoms with Crippen molar-refractivity contribution >= 4 is 11.3 Å². The summed E-state index contributed by atoms with van der Waals surface area (Å²) in [6.45, 7) is 1.10. The number of nitrogens with zero attached hydrogens (tertiary/aromatic N) is 1. The fraction of sp³-hybridized carbons (Fsp3) is 0.750. The Morgan fingerprint density at radius 2 is 2.27 bits per heavy atom. The van der Waals surface area contributed by atoms with Crippen LogP contribution >= 0.6 is 11.3 Å². The first-order valence-corrected chi connectivity index (χ1v) is 6.84. The summed E-state index contributed by atoms with van der Waals surface area (Å²) in [6, 6.07) is 0. The normalized spacial score (nSPS) is 25.3. The van der Waals surface area contributed by atoms with Gasteiger partial charge in [-0.2, -0.15) is 0 Å². The third-order valence-corrected chi connectivity index (χ3v) is 4.76. The number of hydrogen-bond donors (Lipinski definition) is 1. The summed E-state index contributed by atoms with van der Waals surface area (Å²) < 4.78 is 0. The Bertz CT molecular complexity index is 355. The van der Waals surface area contributed by atoms with Gasteiger partial charge in [-0.15, -0.1) is 11.3 Å². The lowest BCUT2D eigenvalue weighted by molar-refractivity contribution is 0.522. The molecule has 2 aliphatic rings. The van der Waals surface area contributed by atoms with Crippen molar-refractivity contribution in [1.82, 2.24) is 10.3 Å². The highest BCUT2D eigenvalue weighted by Gasteiger charge is 2.31. The van der Waals surface area contributed by atoms with Crippen LogP contribution in [0.2, 0.25) is 0 Å². The van der Waals surface area contributed by atoms with Gasteiger partial charge in [0.25, 0.3) is 0 Å². The summed E-state index contributed by atoms with van der Waals surface area (Å²) in [5.74, 6) is 1.51. The molecule has 0 aromatic carbocycles. The van der Waals surface area contributed by atoms with E-state index in [0.29, 0.717) is 5.92 Å². The zero-order valence-corrected chi connectivity index (χ0v) is 10.1. The van der Waals surface area contributed by atoms with Gasteiger partial charge in [0.2, 0.25) is 0 Å². The van der Waals surface area contributed by atoms with E-state index in [1.165, 1.54) is 42.8 Å². The molecular formula is C12H18N2S. The van der Waals surface area contributed by atoms with Crippen LogP contribution in [0.1, 0.15) is 53.1 Å². The van der Waals surface area contributed by atoms with E-state index >= 15 is 0 Å². The molecule has 0 spiro atoms. The maximum atomic E-state index is 4.89. The number of aromatic nitrogens is 1. The second-order valence-electron chi connectivity index (χ2n) is 4.78. The quantitative estimate of drug-likeness (QED) is 0.850. The number of thiazole rings is 1. The third-order valence-electron chi connectivity index (χ3n) is 3.46. The topological polar surface area (TPSA) is 24.9 Å². The molecule has 3 rings (SSSR count). The summed E-state index contributed by atoms with van der Waals surface area (Å²) in [4.78, 5) is 6.48. The molecule has 1 heterocycles. The van der Waals surface area contributed by atoms with Gasteiger partial charge < -0.3 is 5.32 Å². The van der Waals surface area contributed by atoms with Crippen molar-refractivity contribution < 1.29 is 0 Å². The molecule has 1 fully saturated rings. The monoisotopic (exact) mass is 222 g/mol. The second-order valence-corrected chi connectivity index (χ2v) is 5.90. The zero-order valence-electron chi connectivity index (χ0n) is 9.25. The molecular weight excluding hydrogens is 204 g/mol. The maximum absolute atomic E-state index is 4.89. The van der Waals surface area contributed by atoms with Crippen LogP contribution in [-0.2, 0) is 6.42 Å². The van der Waals surface area contributed by atoms with Gasteiger partial charge in [-0.1, -0.05) is 0 Å². The molecule has 1 saturated carbocycles. The number of aryl methyl sites for hydroxylation is 1. The van der Waals surface area contributed by atoms with Gasteiger partial charge in [0, 0.05) is 23.3 Å². The summed E-state index contributed by atoms with van der Waals surface area (Å²) in [7, 11) is 2.04. The third kappa shape index (κ3) is 1.83. The van der Waals surface area contributed by atoms with Crippen LogP contribution in [0.4, 0.5) is 0 Å². The standard InChI is InChI=1S/C12H18N2S/c1-13-7-9-3-2-4-10-11(9)14-12(15-10)8-5-6-8/h8-9,13H,2-7H2,1H3. The molecule has 1 aromatic heterocycles. The van der Waals surface area contributed by atoms with E-state index in [-0.39, 0.29) is 0 Å². The largest absolute Gasteiger partial charge is 0.319 e. The summed E-state index contributed by atoms with van der Waals surface area (Å²) in [5.41, 5.74) is 1.43. The highest BCUT2D eigenvalue weighted by atomic mass is 32.1. The lowest BCUT2D eigenvalue weighted by Gasteiger charge is -2.20. The highest BCUT2D eigenvalue weighted by molar-refractivity contribution is 7.11. The van der Waals surface area contributed by atoms with Crippen molar-refractivity contribution in [2.75, 3.05) is 13.6 Å². The van der Waals surface area contributed by atoms with Gasteiger partial charge >= 0.3 is 0 Å². The molecule has 0 aliphatic heterocycles. The van der Waals surface area contributed by atoms with Crippen LogP contribution in [0.5, 0.6) is 0 Å². The lowest BCUT2D eigenvalue weighted by Crippen LogP contribution is -2.21. The van der Waals surface area contributed by atoms with Crippen molar-refractivity contribution in [3.05, 3.63) is 15.6 Å². The van der Waals surface area contributed by atoms with Crippen LogP contribution in [0, 0.1) is 0 Å². The van der Waals surface area contributed by atoms with Crippen molar-refractivity contribution in [2.24, 2.45) is 0 Å². The fourth-order valence-electron chi connectivity index (χ4n) is 2.48. The summed E-state index contributed by atoms with van der Waals surface area (Å²) in [5, 5.41) is 4.73. The van der Waals surface area contributed by atoms with Crippen molar-refractivity contribution in [2.45, 2.75) is 43.9 Å². The molecule has 82 valence electrons. The van der Waals surface area contributed by atoms with E-state index in [0.717, 1.165) is 12.5 Å². The predicted molar refractivity (Wildman–Crippen MR) is 63.7 cm³/mol. The Balaban J connectivity index is 1.88. The number of hydrogen-bond acceptors (Lipinski definition) is 3. The van der Waals surface area contributed by atoms with Crippen molar-refractivity contribution in [3.63, 3.8) is 0 Å². The van der Waals surface area contributed by atoms with E-state index in [4.69, 9.17) is 4.98 Å². The minimum absolute atomic E-state index is 0.683. The maximum Gasteiger partial charge on any atom is 0.0962 e. The van der Waals surface area contributed by atoms with Crippen LogP contribution in [-0.4, -0.2) is 18.6 Å². The first-order chi connectivity index (χ1) is 7.38. The minimum Gasteiger partial charge on any atom is -0.319 e. The average molecular weight is 222 g/mol. The number of likely N-dealkylation sites (N-methyl/N-ethyl adjacent to an activating group) is 1. The van der Waals surface area contributed by atoms with E-state index in [2.05, 4.69) is 5.32 Å². The molecule has 15 heavy (non-hydrogen) atoms. The van der Waals surface area contributed by atoms with Crippen LogP contribution in [0.3, 0.4) is 0 Å². The Morgan fingerprint density at radius 1 is 1.40 bits per heavy atom. The SMILES string of the molecule is CNCC1CCCc2sc(C3CC3)nc21. The average Bonchev–Trinajstić information content (AvgIpc) is 2.99. The first kappa shape index (κ1) is 9.79. The second kappa shape index (κ2) is 3.87. The van der Waals surface area contributed by atoms with Crippen LogP contribution in [0.25, 0.3) is 0 Å². The molecule has 0 amide bonds. The van der Waals surface area contributed by atoms with E-state index in [9.17, 15) is 0 Å². The molecule has 0 saturated heterocycles. The lowest BCUT2D eigenvalue weighted by atomic mass is 9.91. The van der Waals surface area contributed by atoms with Crippen molar-refractivity contribution in [1.29, 1.82) is 0 Å². The molecule has 3 heteroatoms. The van der Waals surface area contributed by atoms with Gasteiger partial charge in [-0.25, -0.2) is 4.98 Å². The fourth-order valence-corrected chi connectivity index (χ4v) is 3.84. The Labute approximate surface area is 95.1 Å². The Morgan fingerprint density at radius 3 is 3.00 bits per heavy atom. The molecule has 2 aliphatic carbocycles. The van der Waals surface area contributed by atoms with Crippen LogP contribution < -0.4 is 5.32 Å². The number of rotatable bonds is 3. The van der Waals surface area contributed by atoms with E-state index < -0.39 is 0 Å². The zero-order chi connectivity index (χ0) is 10.3. The molecule has 1 atom stereocenters. The molecule has 1 N–H and O–H groups in total.